The van der Waals surface area contributed by atoms with Gasteiger partial charge >= 0.3 is 0 Å². The molecule has 1 heterocycles. The second kappa shape index (κ2) is 3.02. The molecule has 2 rings (SSSR count). The first kappa shape index (κ1) is 8.00. The molecule has 0 saturated heterocycles. The fraction of sp³-hybridized carbons (Fsp3) is 0.273. The zero-order valence-electron chi connectivity index (χ0n) is 7.58. The largest absolute Gasteiger partial charge is 0.490 e. The molecule has 0 fully saturated rings. The molecule has 2 heteroatoms. The third kappa shape index (κ3) is 1.33. The highest BCUT2D eigenvalue weighted by Crippen LogP contribution is 2.30. The number of rotatable bonds is 0. The fourth-order valence-electron chi connectivity index (χ4n) is 1.45. The van der Waals surface area contributed by atoms with Gasteiger partial charge in [-0.05, 0) is 18.2 Å². The predicted molar refractivity (Wildman–Crippen MR) is 53.1 cm³/mol. The standard InChI is InChI=1S/C11H11NO/c1-3-9-4-5-10-11(8-9)13-7-6-12(10)2/h1,4-5,8H,6-7H2,2H3. The highest BCUT2D eigenvalue weighted by Gasteiger charge is 2.13. The molecule has 0 unspecified atom stereocenters. The zero-order chi connectivity index (χ0) is 9.26. The average molecular weight is 173 g/mol. The lowest BCUT2D eigenvalue weighted by atomic mass is 10.1. The van der Waals surface area contributed by atoms with Crippen molar-refractivity contribution in [1.82, 2.24) is 0 Å². The van der Waals surface area contributed by atoms with Crippen molar-refractivity contribution in [1.29, 1.82) is 0 Å². The molecule has 0 bridgehead atoms. The van der Waals surface area contributed by atoms with Gasteiger partial charge in [-0.1, -0.05) is 5.92 Å². The summed E-state index contributed by atoms with van der Waals surface area (Å²) in [6.45, 7) is 1.67. The van der Waals surface area contributed by atoms with E-state index in [0.29, 0.717) is 0 Å². The molecule has 0 aromatic heterocycles. The molecular weight excluding hydrogens is 162 g/mol. The van der Waals surface area contributed by atoms with E-state index in [4.69, 9.17) is 11.2 Å². The van der Waals surface area contributed by atoms with Crippen molar-refractivity contribution in [2.45, 2.75) is 0 Å². The maximum absolute atomic E-state index is 5.50. The molecule has 13 heavy (non-hydrogen) atoms. The summed E-state index contributed by atoms with van der Waals surface area (Å²) < 4.78 is 5.50. The first-order valence-electron chi connectivity index (χ1n) is 4.26. The lowest BCUT2D eigenvalue weighted by molar-refractivity contribution is 0.311. The third-order valence-corrected chi connectivity index (χ3v) is 2.22. The van der Waals surface area contributed by atoms with Gasteiger partial charge in [-0.3, -0.25) is 0 Å². The van der Waals surface area contributed by atoms with Crippen molar-refractivity contribution in [2.24, 2.45) is 0 Å². The van der Waals surface area contributed by atoms with Crippen LogP contribution in [-0.2, 0) is 0 Å². The van der Waals surface area contributed by atoms with E-state index in [-0.39, 0.29) is 0 Å². The molecule has 1 aliphatic rings. The molecule has 0 saturated carbocycles. The number of anilines is 1. The minimum absolute atomic E-state index is 0.734. The highest BCUT2D eigenvalue weighted by molar-refractivity contribution is 5.62. The van der Waals surface area contributed by atoms with Crippen LogP contribution in [0.25, 0.3) is 0 Å². The van der Waals surface area contributed by atoms with Crippen molar-refractivity contribution in [3.63, 3.8) is 0 Å². The number of ether oxygens (including phenoxy) is 1. The lowest BCUT2D eigenvalue weighted by Crippen LogP contribution is -2.28. The monoisotopic (exact) mass is 173 g/mol. The van der Waals surface area contributed by atoms with Crippen molar-refractivity contribution >= 4 is 5.69 Å². The average Bonchev–Trinajstić information content (AvgIpc) is 2.18. The summed E-state index contributed by atoms with van der Waals surface area (Å²) in [5, 5.41) is 0. The minimum atomic E-state index is 0.734. The lowest BCUT2D eigenvalue weighted by Gasteiger charge is -2.27. The second-order valence-corrected chi connectivity index (χ2v) is 3.10. The van der Waals surface area contributed by atoms with Crippen molar-refractivity contribution in [3.8, 4) is 18.1 Å². The molecule has 0 amide bonds. The Balaban J connectivity index is 2.47. The molecular formula is C11H11NO. The minimum Gasteiger partial charge on any atom is -0.490 e. The van der Waals surface area contributed by atoms with Crippen LogP contribution < -0.4 is 9.64 Å². The van der Waals surface area contributed by atoms with Gasteiger partial charge < -0.3 is 9.64 Å². The van der Waals surface area contributed by atoms with Crippen molar-refractivity contribution in [2.75, 3.05) is 25.1 Å². The molecule has 0 aliphatic carbocycles. The number of hydrogen-bond donors (Lipinski definition) is 0. The molecule has 2 nitrogen and oxygen atoms in total. The number of fused-ring (bicyclic) bond motifs is 1. The van der Waals surface area contributed by atoms with Gasteiger partial charge in [-0.25, -0.2) is 0 Å². The molecule has 0 atom stereocenters. The molecule has 1 aromatic rings. The van der Waals surface area contributed by atoms with Gasteiger partial charge in [0.15, 0.2) is 0 Å². The highest BCUT2D eigenvalue weighted by atomic mass is 16.5. The van der Waals surface area contributed by atoms with E-state index in [9.17, 15) is 0 Å². The van der Waals surface area contributed by atoms with Crippen LogP contribution >= 0.6 is 0 Å². The fourth-order valence-corrected chi connectivity index (χ4v) is 1.45. The number of nitrogens with zero attached hydrogens (tertiary/aromatic N) is 1. The van der Waals surface area contributed by atoms with E-state index >= 15 is 0 Å². The number of hydrogen-bond acceptors (Lipinski definition) is 2. The Labute approximate surface area is 78.1 Å². The Morgan fingerprint density at radius 1 is 1.54 bits per heavy atom. The first-order chi connectivity index (χ1) is 6.31. The van der Waals surface area contributed by atoms with Gasteiger partial charge in [-0.15, -0.1) is 6.42 Å². The van der Waals surface area contributed by atoms with Gasteiger partial charge in [-0.2, -0.15) is 0 Å². The summed E-state index contributed by atoms with van der Waals surface area (Å²) >= 11 is 0. The van der Waals surface area contributed by atoms with Gasteiger partial charge in [0, 0.05) is 12.6 Å². The van der Waals surface area contributed by atoms with E-state index in [1.807, 2.05) is 18.2 Å². The number of likely N-dealkylation sites (N-methyl/N-ethyl adjacent to an activating group) is 1. The van der Waals surface area contributed by atoms with E-state index in [2.05, 4.69) is 17.9 Å². The normalized spacial score (nSPS) is 14.3. The Hall–Kier alpha value is -1.62. The van der Waals surface area contributed by atoms with Gasteiger partial charge in [0.05, 0.1) is 12.2 Å². The van der Waals surface area contributed by atoms with Gasteiger partial charge in [0.2, 0.25) is 0 Å². The van der Waals surface area contributed by atoms with Gasteiger partial charge in [0.25, 0.3) is 0 Å². The second-order valence-electron chi connectivity index (χ2n) is 3.10. The van der Waals surface area contributed by atoms with Crippen molar-refractivity contribution < 1.29 is 4.74 Å². The Bertz CT molecular complexity index is 365. The summed E-state index contributed by atoms with van der Waals surface area (Å²) in [6.07, 6.45) is 5.30. The van der Waals surface area contributed by atoms with Crippen LogP contribution in [0, 0.1) is 12.3 Å². The topological polar surface area (TPSA) is 12.5 Å². The van der Waals surface area contributed by atoms with E-state index in [0.717, 1.165) is 30.2 Å². The van der Waals surface area contributed by atoms with Crippen LogP contribution in [0.15, 0.2) is 18.2 Å². The Morgan fingerprint density at radius 3 is 3.15 bits per heavy atom. The maximum Gasteiger partial charge on any atom is 0.143 e. The van der Waals surface area contributed by atoms with Crippen molar-refractivity contribution in [3.05, 3.63) is 23.8 Å². The van der Waals surface area contributed by atoms with Crippen LogP contribution in [0.2, 0.25) is 0 Å². The summed E-state index contributed by atoms with van der Waals surface area (Å²) in [5.41, 5.74) is 1.99. The molecule has 1 aliphatic heterocycles. The van der Waals surface area contributed by atoms with E-state index in [1.54, 1.807) is 0 Å². The Morgan fingerprint density at radius 2 is 2.38 bits per heavy atom. The summed E-state index contributed by atoms with van der Waals surface area (Å²) in [6, 6.07) is 5.85. The number of terminal acetylenes is 1. The van der Waals surface area contributed by atoms with E-state index in [1.165, 1.54) is 0 Å². The molecule has 1 aromatic carbocycles. The SMILES string of the molecule is C#Cc1ccc2c(c1)OCCN2C. The smallest absolute Gasteiger partial charge is 0.143 e. The summed E-state index contributed by atoms with van der Waals surface area (Å²) in [7, 11) is 2.05. The van der Waals surface area contributed by atoms with Crippen LogP contribution in [-0.4, -0.2) is 20.2 Å². The predicted octanol–water partition coefficient (Wildman–Crippen LogP) is 1.50. The van der Waals surface area contributed by atoms with Crippen LogP contribution in [0.4, 0.5) is 5.69 Å². The molecule has 0 radical (unpaired) electrons. The summed E-state index contributed by atoms with van der Waals surface area (Å²) in [4.78, 5) is 2.17. The zero-order valence-corrected chi connectivity index (χ0v) is 7.58. The molecule has 66 valence electrons. The van der Waals surface area contributed by atoms with Crippen LogP contribution in [0.5, 0.6) is 5.75 Å². The van der Waals surface area contributed by atoms with Gasteiger partial charge in [0.1, 0.15) is 12.4 Å². The van der Waals surface area contributed by atoms with Crippen LogP contribution in [0.1, 0.15) is 5.56 Å². The quantitative estimate of drug-likeness (QED) is 0.551. The van der Waals surface area contributed by atoms with E-state index < -0.39 is 0 Å². The van der Waals surface area contributed by atoms with Crippen LogP contribution in [0.3, 0.4) is 0 Å². The summed E-state index contributed by atoms with van der Waals surface area (Å²) in [5.74, 6) is 3.49. The number of benzene rings is 1. The first-order valence-corrected chi connectivity index (χ1v) is 4.26. The molecule has 0 N–H and O–H groups in total. The third-order valence-electron chi connectivity index (χ3n) is 2.22. The molecule has 0 spiro atoms. The maximum atomic E-state index is 5.50. The Kier molecular flexibility index (Phi) is 1.86.